The van der Waals surface area contributed by atoms with Crippen molar-refractivity contribution >= 4 is 11.8 Å². The molecule has 4 rings (SSSR count). The summed E-state index contributed by atoms with van der Waals surface area (Å²) in [5, 5.41) is 13.8. The second-order valence-electron chi connectivity index (χ2n) is 6.11. The first-order chi connectivity index (χ1) is 12.7. The fraction of sp³-hybridized carbons (Fsp3) is 0.150. The molecule has 26 heavy (non-hydrogen) atoms. The maximum Gasteiger partial charge on any atom is 0.196 e. The fourth-order valence-corrected chi connectivity index (χ4v) is 3.77. The Balaban J connectivity index is 1.52. The summed E-state index contributed by atoms with van der Waals surface area (Å²) in [6, 6.07) is 18.7. The predicted molar refractivity (Wildman–Crippen MR) is 104 cm³/mol. The van der Waals surface area contributed by atoms with Crippen LogP contribution in [0.25, 0.3) is 11.4 Å². The smallest absolute Gasteiger partial charge is 0.196 e. The molecule has 0 aliphatic heterocycles. The largest absolute Gasteiger partial charge is 0.274 e. The van der Waals surface area contributed by atoms with Gasteiger partial charge in [0.2, 0.25) is 0 Å². The third-order valence-corrected chi connectivity index (χ3v) is 5.13. The lowest BCUT2D eigenvalue weighted by atomic mass is 10.2. The van der Waals surface area contributed by atoms with Crippen LogP contribution in [0.2, 0.25) is 0 Å². The van der Waals surface area contributed by atoms with Crippen LogP contribution in [-0.4, -0.2) is 24.5 Å². The highest BCUT2D eigenvalue weighted by Crippen LogP contribution is 2.25. The zero-order valence-electron chi connectivity index (χ0n) is 14.7. The van der Waals surface area contributed by atoms with Crippen LogP contribution in [0.1, 0.15) is 17.0 Å². The van der Waals surface area contributed by atoms with E-state index in [1.54, 1.807) is 18.0 Å². The van der Waals surface area contributed by atoms with Crippen molar-refractivity contribution in [1.82, 2.24) is 24.5 Å². The van der Waals surface area contributed by atoms with Gasteiger partial charge in [0.1, 0.15) is 5.82 Å². The molecule has 5 nitrogen and oxygen atoms in total. The van der Waals surface area contributed by atoms with Gasteiger partial charge in [-0.15, -0.1) is 10.2 Å². The summed E-state index contributed by atoms with van der Waals surface area (Å²) in [6.45, 7) is 4.08. The Morgan fingerprint density at radius 3 is 2.50 bits per heavy atom. The average molecular weight is 361 g/mol. The molecule has 0 aliphatic rings. The van der Waals surface area contributed by atoms with Crippen LogP contribution in [0.5, 0.6) is 0 Å². The Hall–Kier alpha value is -2.86. The number of aromatic nitrogens is 5. The normalized spacial score (nSPS) is 11.0. The summed E-state index contributed by atoms with van der Waals surface area (Å²) in [5.74, 6) is 1.73. The van der Waals surface area contributed by atoms with Crippen molar-refractivity contribution in [2.45, 2.75) is 24.8 Å². The van der Waals surface area contributed by atoms with E-state index in [2.05, 4.69) is 75.3 Å². The molecule has 0 saturated heterocycles. The van der Waals surface area contributed by atoms with E-state index in [4.69, 9.17) is 0 Å². The minimum Gasteiger partial charge on any atom is -0.274 e. The van der Waals surface area contributed by atoms with Crippen molar-refractivity contribution in [1.29, 1.82) is 0 Å². The van der Waals surface area contributed by atoms with Gasteiger partial charge in [-0.1, -0.05) is 36.0 Å². The lowest BCUT2D eigenvalue weighted by Gasteiger charge is -2.09. The Morgan fingerprint density at radius 1 is 0.923 bits per heavy atom. The standard InChI is InChI=1S/C20H19N5S/c1-15-5-3-6-19(13-15)25-16(2)22-23-20(25)26-14-17-7-9-18(10-8-17)24-12-4-11-21-24/h3-13H,14H2,1-2H3. The number of aryl methyl sites for hydroxylation is 2. The summed E-state index contributed by atoms with van der Waals surface area (Å²) < 4.78 is 3.96. The van der Waals surface area contributed by atoms with Gasteiger partial charge in [-0.2, -0.15) is 5.10 Å². The van der Waals surface area contributed by atoms with Crippen molar-refractivity contribution in [3.05, 3.63) is 83.9 Å². The second kappa shape index (κ2) is 7.17. The topological polar surface area (TPSA) is 48.5 Å². The first-order valence-electron chi connectivity index (χ1n) is 8.41. The van der Waals surface area contributed by atoms with Crippen molar-refractivity contribution < 1.29 is 0 Å². The maximum absolute atomic E-state index is 4.36. The van der Waals surface area contributed by atoms with E-state index in [9.17, 15) is 0 Å². The molecule has 0 bridgehead atoms. The number of hydrogen-bond donors (Lipinski definition) is 0. The van der Waals surface area contributed by atoms with Crippen LogP contribution >= 0.6 is 11.8 Å². The van der Waals surface area contributed by atoms with Crippen LogP contribution in [0.4, 0.5) is 0 Å². The Morgan fingerprint density at radius 2 is 1.77 bits per heavy atom. The number of benzene rings is 2. The Labute approximate surface area is 156 Å². The number of rotatable bonds is 5. The molecule has 6 heteroatoms. The van der Waals surface area contributed by atoms with Crippen molar-refractivity contribution in [2.75, 3.05) is 0 Å². The van der Waals surface area contributed by atoms with Crippen LogP contribution in [0.3, 0.4) is 0 Å². The van der Waals surface area contributed by atoms with Gasteiger partial charge in [0.05, 0.1) is 5.69 Å². The maximum atomic E-state index is 4.36. The van der Waals surface area contributed by atoms with E-state index < -0.39 is 0 Å². The van der Waals surface area contributed by atoms with Gasteiger partial charge in [0, 0.05) is 23.8 Å². The Bertz CT molecular complexity index is 1000. The van der Waals surface area contributed by atoms with E-state index in [-0.39, 0.29) is 0 Å². The molecule has 0 atom stereocenters. The van der Waals surface area contributed by atoms with E-state index in [1.165, 1.54) is 11.1 Å². The number of nitrogens with zero attached hydrogens (tertiary/aromatic N) is 5. The van der Waals surface area contributed by atoms with E-state index in [1.807, 2.05) is 23.9 Å². The molecular formula is C20H19N5S. The van der Waals surface area contributed by atoms with Gasteiger partial charge in [0.15, 0.2) is 5.16 Å². The lowest BCUT2D eigenvalue weighted by molar-refractivity contribution is 0.867. The third kappa shape index (κ3) is 3.41. The lowest BCUT2D eigenvalue weighted by Crippen LogP contribution is -1.99. The predicted octanol–water partition coefficient (Wildman–Crippen LogP) is 4.36. The first-order valence-corrected chi connectivity index (χ1v) is 9.40. The highest BCUT2D eigenvalue weighted by molar-refractivity contribution is 7.98. The number of thioether (sulfide) groups is 1. The molecule has 0 saturated carbocycles. The molecule has 0 radical (unpaired) electrons. The van der Waals surface area contributed by atoms with Crippen molar-refractivity contribution in [3.8, 4) is 11.4 Å². The van der Waals surface area contributed by atoms with E-state index in [0.717, 1.165) is 28.1 Å². The SMILES string of the molecule is Cc1cccc(-n2c(C)nnc2SCc2ccc(-n3cccn3)cc2)c1. The summed E-state index contributed by atoms with van der Waals surface area (Å²) in [5.41, 5.74) is 4.62. The van der Waals surface area contributed by atoms with Gasteiger partial charge in [0.25, 0.3) is 0 Å². The molecule has 0 N–H and O–H groups in total. The molecule has 0 spiro atoms. The quantitative estimate of drug-likeness (QED) is 0.496. The molecule has 0 aliphatic carbocycles. The minimum atomic E-state index is 0.837. The van der Waals surface area contributed by atoms with Crippen molar-refractivity contribution in [3.63, 3.8) is 0 Å². The molecule has 4 aromatic rings. The molecule has 0 unspecified atom stereocenters. The van der Waals surface area contributed by atoms with Gasteiger partial charge in [-0.25, -0.2) is 4.68 Å². The first kappa shape index (κ1) is 16.6. The second-order valence-corrected chi connectivity index (χ2v) is 7.05. The third-order valence-electron chi connectivity index (χ3n) is 4.13. The molecule has 0 amide bonds. The van der Waals surface area contributed by atoms with Gasteiger partial charge >= 0.3 is 0 Å². The average Bonchev–Trinajstić information content (AvgIpc) is 3.30. The summed E-state index contributed by atoms with van der Waals surface area (Å²) in [4.78, 5) is 0. The van der Waals surface area contributed by atoms with Crippen LogP contribution < -0.4 is 0 Å². The van der Waals surface area contributed by atoms with Gasteiger partial charge < -0.3 is 0 Å². The van der Waals surface area contributed by atoms with Crippen LogP contribution in [0.15, 0.2) is 72.1 Å². The highest BCUT2D eigenvalue weighted by atomic mass is 32.2. The highest BCUT2D eigenvalue weighted by Gasteiger charge is 2.11. The van der Waals surface area contributed by atoms with Crippen LogP contribution in [-0.2, 0) is 5.75 Å². The minimum absolute atomic E-state index is 0.837. The molecular weight excluding hydrogens is 342 g/mol. The molecule has 2 heterocycles. The van der Waals surface area contributed by atoms with Gasteiger partial charge in [-0.05, 0) is 55.3 Å². The van der Waals surface area contributed by atoms with E-state index in [0.29, 0.717) is 0 Å². The van der Waals surface area contributed by atoms with Crippen molar-refractivity contribution in [2.24, 2.45) is 0 Å². The monoisotopic (exact) mass is 361 g/mol. The van der Waals surface area contributed by atoms with Crippen LogP contribution in [0, 0.1) is 13.8 Å². The molecule has 2 aromatic carbocycles. The molecule has 0 fully saturated rings. The zero-order chi connectivity index (χ0) is 17.9. The summed E-state index contributed by atoms with van der Waals surface area (Å²) in [6.07, 6.45) is 3.72. The molecule has 130 valence electrons. The fourth-order valence-electron chi connectivity index (χ4n) is 2.82. The zero-order valence-corrected chi connectivity index (χ0v) is 15.5. The summed E-state index contributed by atoms with van der Waals surface area (Å²) >= 11 is 1.69. The number of hydrogen-bond acceptors (Lipinski definition) is 4. The molecule has 2 aromatic heterocycles. The summed E-state index contributed by atoms with van der Waals surface area (Å²) in [7, 11) is 0. The Kier molecular flexibility index (Phi) is 4.58. The van der Waals surface area contributed by atoms with E-state index >= 15 is 0 Å². The van der Waals surface area contributed by atoms with Gasteiger partial charge in [-0.3, -0.25) is 4.57 Å².